The zero-order valence-corrected chi connectivity index (χ0v) is 19.3. The van der Waals surface area contributed by atoms with Gasteiger partial charge in [-0.1, -0.05) is 18.2 Å². The summed E-state index contributed by atoms with van der Waals surface area (Å²) in [5.74, 6) is -1.86. The molecule has 184 valence electrons. The SMILES string of the molecule is COCC(=O)N[C@H]1CCN(C(=O)COC)[C@H](C(=O)N[C@H](Cc2c[nH]c3ccccc23)C(N)=O)C1. The average Bonchev–Trinajstić information content (AvgIpc) is 3.21. The normalized spacial score (nSPS) is 18.9. The van der Waals surface area contributed by atoms with E-state index >= 15 is 0 Å². The standard InChI is InChI=1S/C23H31N5O6/c1-33-12-20(29)26-15-7-8-28(21(30)13-34-2)19(10-15)23(32)27-18(22(24)31)9-14-11-25-17-6-4-3-5-16(14)17/h3-6,11,15,18-19,25H,7-10,12-13H2,1-2H3,(H2,24,31)(H,26,29)(H,27,32)/t15-,18+,19-/m0/s1. The van der Waals surface area contributed by atoms with Gasteiger partial charge in [-0.15, -0.1) is 0 Å². The minimum Gasteiger partial charge on any atom is -0.375 e. The van der Waals surface area contributed by atoms with E-state index in [9.17, 15) is 19.2 Å². The molecule has 1 saturated heterocycles. The summed E-state index contributed by atoms with van der Waals surface area (Å²) < 4.78 is 9.80. The Morgan fingerprint density at radius 1 is 1.18 bits per heavy atom. The van der Waals surface area contributed by atoms with Gasteiger partial charge in [0.05, 0.1) is 0 Å². The number of carbonyl (C=O) groups excluding carboxylic acids is 4. The number of hydrogen-bond acceptors (Lipinski definition) is 6. The molecule has 0 aliphatic carbocycles. The molecule has 1 aliphatic rings. The quantitative estimate of drug-likeness (QED) is 0.363. The van der Waals surface area contributed by atoms with Gasteiger partial charge in [-0.05, 0) is 24.5 Å². The molecule has 11 heteroatoms. The molecule has 0 spiro atoms. The van der Waals surface area contributed by atoms with Gasteiger partial charge in [-0.2, -0.15) is 0 Å². The first-order valence-corrected chi connectivity index (χ1v) is 11.1. The number of ether oxygens (including phenoxy) is 2. The lowest BCUT2D eigenvalue weighted by Crippen LogP contribution is -2.60. The fraction of sp³-hybridized carbons (Fsp3) is 0.478. The molecule has 34 heavy (non-hydrogen) atoms. The molecular weight excluding hydrogens is 442 g/mol. The van der Waals surface area contributed by atoms with E-state index in [1.807, 2.05) is 24.3 Å². The lowest BCUT2D eigenvalue weighted by molar-refractivity contribution is -0.146. The number of carbonyl (C=O) groups is 4. The maximum atomic E-state index is 13.3. The van der Waals surface area contributed by atoms with E-state index in [2.05, 4.69) is 15.6 Å². The number of methoxy groups -OCH3 is 2. The third-order valence-corrected chi connectivity index (χ3v) is 5.89. The molecule has 1 aliphatic heterocycles. The van der Waals surface area contributed by atoms with Crippen LogP contribution in [-0.4, -0.2) is 85.6 Å². The van der Waals surface area contributed by atoms with Crippen molar-refractivity contribution >= 4 is 34.5 Å². The number of primary amides is 1. The molecule has 5 N–H and O–H groups in total. The summed E-state index contributed by atoms with van der Waals surface area (Å²) in [7, 11) is 2.81. The van der Waals surface area contributed by atoms with Gasteiger partial charge < -0.3 is 35.7 Å². The number of likely N-dealkylation sites (tertiary alicyclic amines) is 1. The smallest absolute Gasteiger partial charge is 0.249 e. The molecular formula is C23H31N5O6. The van der Waals surface area contributed by atoms with E-state index in [0.29, 0.717) is 6.42 Å². The van der Waals surface area contributed by atoms with Crippen LogP contribution in [0.1, 0.15) is 18.4 Å². The predicted molar refractivity (Wildman–Crippen MR) is 124 cm³/mol. The number of benzene rings is 1. The van der Waals surface area contributed by atoms with E-state index in [4.69, 9.17) is 15.2 Å². The fourth-order valence-electron chi connectivity index (χ4n) is 4.26. The van der Waals surface area contributed by atoms with Gasteiger partial charge in [0.15, 0.2) is 0 Å². The number of H-pyrrole nitrogens is 1. The van der Waals surface area contributed by atoms with E-state index in [1.165, 1.54) is 19.1 Å². The Bertz CT molecular complexity index is 1040. The number of nitrogens with one attached hydrogen (secondary N) is 3. The van der Waals surface area contributed by atoms with Crippen LogP contribution in [0.5, 0.6) is 0 Å². The first kappa shape index (κ1) is 25.2. The molecule has 2 aromatic rings. The topological polar surface area (TPSA) is 156 Å². The maximum absolute atomic E-state index is 13.3. The first-order valence-electron chi connectivity index (χ1n) is 11.1. The summed E-state index contributed by atoms with van der Waals surface area (Å²) in [6, 6.07) is 5.41. The highest BCUT2D eigenvalue weighted by atomic mass is 16.5. The number of para-hydroxylation sites is 1. The molecule has 1 fully saturated rings. The van der Waals surface area contributed by atoms with E-state index in [0.717, 1.165) is 16.5 Å². The van der Waals surface area contributed by atoms with Gasteiger partial charge in [0.1, 0.15) is 25.3 Å². The molecule has 3 rings (SSSR count). The van der Waals surface area contributed by atoms with Crippen LogP contribution in [0.15, 0.2) is 30.5 Å². The van der Waals surface area contributed by atoms with Crippen molar-refractivity contribution < 1.29 is 28.7 Å². The minimum absolute atomic E-state index is 0.103. The zero-order valence-electron chi connectivity index (χ0n) is 19.3. The summed E-state index contributed by atoms with van der Waals surface area (Å²) in [4.78, 5) is 54.6. The number of aromatic nitrogens is 1. The van der Waals surface area contributed by atoms with Gasteiger partial charge >= 0.3 is 0 Å². The Morgan fingerprint density at radius 3 is 2.62 bits per heavy atom. The Labute approximate surface area is 197 Å². The average molecular weight is 474 g/mol. The molecule has 0 saturated carbocycles. The summed E-state index contributed by atoms with van der Waals surface area (Å²) in [5.41, 5.74) is 7.35. The first-order chi connectivity index (χ1) is 16.3. The summed E-state index contributed by atoms with van der Waals surface area (Å²) in [5, 5.41) is 6.46. The lowest BCUT2D eigenvalue weighted by Gasteiger charge is -2.39. The van der Waals surface area contributed by atoms with Crippen molar-refractivity contribution in [3.8, 4) is 0 Å². The fourth-order valence-corrected chi connectivity index (χ4v) is 4.26. The van der Waals surface area contributed by atoms with Crippen LogP contribution in [0.3, 0.4) is 0 Å². The summed E-state index contributed by atoms with van der Waals surface area (Å²) >= 11 is 0. The highest BCUT2D eigenvalue weighted by Gasteiger charge is 2.38. The van der Waals surface area contributed by atoms with E-state index < -0.39 is 23.9 Å². The van der Waals surface area contributed by atoms with Gasteiger partial charge in [-0.3, -0.25) is 19.2 Å². The molecule has 11 nitrogen and oxygen atoms in total. The third-order valence-electron chi connectivity index (χ3n) is 5.89. The number of nitrogens with zero attached hydrogens (tertiary/aromatic N) is 1. The van der Waals surface area contributed by atoms with Crippen LogP contribution < -0.4 is 16.4 Å². The second-order valence-electron chi connectivity index (χ2n) is 8.28. The largest absolute Gasteiger partial charge is 0.375 e. The van der Waals surface area contributed by atoms with Crippen molar-refractivity contribution in [1.82, 2.24) is 20.5 Å². The van der Waals surface area contributed by atoms with Crippen LogP contribution in [0.4, 0.5) is 0 Å². The number of nitrogens with two attached hydrogens (primary N) is 1. The number of rotatable bonds is 10. The molecule has 0 radical (unpaired) electrons. The Hall–Kier alpha value is -3.44. The van der Waals surface area contributed by atoms with Crippen molar-refractivity contribution in [3.63, 3.8) is 0 Å². The number of aromatic amines is 1. The Kier molecular flexibility index (Phi) is 8.61. The number of piperidine rings is 1. The second kappa shape index (κ2) is 11.6. The Balaban J connectivity index is 1.76. The zero-order chi connectivity index (χ0) is 24.7. The molecule has 0 unspecified atom stereocenters. The van der Waals surface area contributed by atoms with Crippen LogP contribution in [0, 0.1) is 0 Å². The van der Waals surface area contributed by atoms with Crippen molar-refractivity contribution in [2.75, 3.05) is 34.0 Å². The van der Waals surface area contributed by atoms with Gasteiger partial charge in [-0.25, -0.2) is 0 Å². The van der Waals surface area contributed by atoms with Gasteiger partial charge in [0.2, 0.25) is 23.6 Å². The number of fused-ring (bicyclic) bond motifs is 1. The molecule has 2 heterocycles. The van der Waals surface area contributed by atoms with Crippen LogP contribution in [-0.2, 0) is 35.1 Å². The van der Waals surface area contributed by atoms with Gasteiger partial charge in [0.25, 0.3) is 0 Å². The molecule has 1 aromatic heterocycles. The molecule has 1 aromatic carbocycles. The van der Waals surface area contributed by atoms with Crippen LogP contribution in [0.25, 0.3) is 10.9 Å². The second-order valence-corrected chi connectivity index (χ2v) is 8.28. The number of amides is 4. The molecule has 0 bridgehead atoms. The van der Waals surface area contributed by atoms with E-state index in [1.54, 1.807) is 6.20 Å². The predicted octanol–water partition coefficient (Wildman–Crippen LogP) is -0.551. The van der Waals surface area contributed by atoms with E-state index in [-0.39, 0.29) is 50.5 Å². The van der Waals surface area contributed by atoms with Crippen LogP contribution >= 0.6 is 0 Å². The van der Waals surface area contributed by atoms with Crippen molar-refractivity contribution in [2.24, 2.45) is 5.73 Å². The molecule has 4 amide bonds. The number of hydrogen-bond donors (Lipinski definition) is 4. The van der Waals surface area contributed by atoms with Gasteiger partial charge in [0, 0.05) is 50.3 Å². The van der Waals surface area contributed by atoms with Crippen molar-refractivity contribution in [3.05, 3.63) is 36.0 Å². The maximum Gasteiger partial charge on any atom is 0.249 e. The van der Waals surface area contributed by atoms with Crippen LogP contribution in [0.2, 0.25) is 0 Å². The summed E-state index contributed by atoms with van der Waals surface area (Å²) in [6.45, 7) is -0.0327. The van der Waals surface area contributed by atoms with Crippen molar-refractivity contribution in [1.29, 1.82) is 0 Å². The van der Waals surface area contributed by atoms with Crippen molar-refractivity contribution in [2.45, 2.75) is 37.4 Å². The monoisotopic (exact) mass is 473 g/mol. The summed E-state index contributed by atoms with van der Waals surface area (Å²) in [6.07, 6.45) is 2.64. The lowest BCUT2D eigenvalue weighted by atomic mass is 9.95. The molecule has 3 atom stereocenters. The highest BCUT2D eigenvalue weighted by molar-refractivity contribution is 5.93. The highest BCUT2D eigenvalue weighted by Crippen LogP contribution is 2.21. The third kappa shape index (κ3) is 6.12. The Morgan fingerprint density at radius 2 is 1.91 bits per heavy atom. The minimum atomic E-state index is -0.977.